The van der Waals surface area contributed by atoms with Crippen LogP contribution >= 0.6 is 11.3 Å². The van der Waals surface area contributed by atoms with Crippen LogP contribution in [0.2, 0.25) is 0 Å². The molecule has 0 atom stereocenters. The van der Waals surface area contributed by atoms with Crippen LogP contribution in [0.15, 0.2) is 28.7 Å². The molecule has 2 aromatic rings. The minimum absolute atomic E-state index is 0.0593. The van der Waals surface area contributed by atoms with E-state index in [1.807, 2.05) is 0 Å². The lowest BCUT2D eigenvalue weighted by Crippen LogP contribution is -2.13. The second-order valence-electron chi connectivity index (χ2n) is 3.84. The summed E-state index contributed by atoms with van der Waals surface area (Å²) in [6, 6.07) is 0.846. The number of thiazole rings is 1. The maximum Gasteiger partial charge on any atom is 0.311 e. The molecule has 7 nitrogen and oxygen atoms in total. The van der Waals surface area contributed by atoms with Crippen molar-refractivity contribution in [3.05, 3.63) is 35.4 Å². The summed E-state index contributed by atoms with van der Waals surface area (Å²) in [5, 5.41) is 1.59. The normalized spacial score (nSPS) is 11.1. The van der Waals surface area contributed by atoms with Gasteiger partial charge in [0.05, 0.1) is 25.4 Å². The van der Waals surface area contributed by atoms with E-state index in [1.165, 1.54) is 12.5 Å². The van der Waals surface area contributed by atoms with E-state index in [0.717, 1.165) is 29.8 Å². The number of hydrogen-bond acceptors (Lipinski definition) is 7. The predicted molar refractivity (Wildman–Crippen MR) is 72.8 cm³/mol. The molecule has 2 heterocycles. The highest BCUT2D eigenvalue weighted by Gasteiger charge is 2.18. The van der Waals surface area contributed by atoms with Gasteiger partial charge >= 0.3 is 5.97 Å². The molecule has 10 heteroatoms. The number of methoxy groups -OCH3 is 1. The van der Waals surface area contributed by atoms with E-state index in [4.69, 9.17) is 0 Å². The van der Waals surface area contributed by atoms with Crippen LogP contribution in [0.1, 0.15) is 5.69 Å². The number of pyridine rings is 1. The van der Waals surface area contributed by atoms with Crippen LogP contribution < -0.4 is 4.72 Å². The maximum atomic E-state index is 13.0. The average molecular weight is 331 g/mol. The van der Waals surface area contributed by atoms with Gasteiger partial charge in [0.25, 0.3) is 10.0 Å². The second kappa shape index (κ2) is 6.14. The molecule has 0 aliphatic carbocycles. The van der Waals surface area contributed by atoms with Gasteiger partial charge in [0.15, 0.2) is 5.13 Å². The number of esters is 1. The molecule has 0 aromatic carbocycles. The Morgan fingerprint density at radius 2 is 2.24 bits per heavy atom. The third-order valence-electron chi connectivity index (χ3n) is 2.32. The zero-order chi connectivity index (χ0) is 15.5. The van der Waals surface area contributed by atoms with Gasteiger partial charge in [-0.15, -0.1) is 11.3 Å². The monoisotopic (exact) mass is 331 g/mol. The van der Waals surface area contributed by atoms with Crippen LogP contribution in [0.4, 0.5) is 9.52 Å². The lowest BCUT2D eigenvalue weighted by molar-refractivity contribution is -0.139. The number of nitrogens with zero attached hydrogens (tertiary/aromatic N) is 2. The Labute approximate surface area is 123 Å². The lowest BCUT2D eigenvalue weighted by Gasteiger charge is -2.04. The van der Waals surface area contributed by atoms with Gasteiger partial charge in [-0.2, -0.15) is 0 Å². The first-order valence-corrected chi connectivity index (χ1v) is 7.91. The Balaban J connectivity index is 2.16. The number of anilines is 1. The molecular formula is C11H10FN3O4S2. The Bertz CT molecular complexity index is 760. The first-order chi connectivity index (χ1) is 9.90. The van der Waals surface area contributed by atoms with Gasteiger partial charge in [-0.25, -0.2) is 17.8 Å². The molecule has 0 aliphatic rings. The van der Waals surface area contributed by atoms with Gasteiger partial charge in [0.1, 0.15) is 10.7 Å². The Kier molecular flexibility index (Phi) is 4.48. The molecule has 0 spiro atoms. The molecule has 2 rings (SSSR count). The van der Waals surface area contributed by atoms with Crippen LogP contribution in [0.25, 0.3) is 0 Å². The number of ether oxygens (including phenoxy) is 1. The van der Waals surface area contributed by atoms with Gasteiger partial charge in [-0.3, -0.25) is 14.5 Å². The van der Waals surface area contributed by atoms with Crippen molar-refractivity contribution in [3.63, 3.8) is 0 Å². The number of hydrogen-bond donors (Lipinski definition) is 1. The van der Waals surface area contributed by atoms with E-state index < -0.39 is 21.8 Å². The molecule has 2 aromatic heterocycles. The van der Waals surface area contributed by atoms with E-state index in [2.05, 4.69) is 19.4 Å². The summed E-state index contributed by atoms with van der Waals surface area (Å²) < 4.78 is 43.7. The molecule has 112 valence electrons. The highest BCUT2D eigenvalue weighted by Crippen LogP contribution is 2.20. The van der Waals surface area contributed by atoms with E-state index >= 15 is 0 Å². The van der Waals surface area contributed by atoms with Crippen LogP contribution in [0, 0.1) is 5.82 Å². The summed E-state index contributed by atoms with van der Waals surface area (Å²) in [4.78, 5) is 18.2. The zero-order valence-electron chi connectivity index (χ0n) is 10.7. The zero-order valence-corrected chi connectivity index (χ0v) is 12.4. The molecular weight excluding hydrogens is 321 g/mol. The van der Waals surface area contributed by atoms with Gasteiger partial charge in [0.2, 0.25) is 0 Å². The summed E-state index contributed by atoms with van der Waals surface area (Å²) in [5.74, 6) is -1.24. The predicted octanol–water partition coefficient (Wildman–Crippen LogP) is 1.19. The lowest BCUT2D eigenvalue weighted by atomic mass is 10.3. The van der Waals surface area contributed by atoms with Gasteiger partial charge < -0.3 is 4.74 Å². The first kappa shape index (κ1) is 15.3. The molecule has 1 N–H and O–H groups in total. The van der Waals surface area contributed by atoms with Crippen molar-refractivity contribution in [3.8, 4) is 0 Å². The van der Waals surface area contributed by atoms with Crippen molar-refractivity contribution in [1.29, 1.82) is 0 Å². The average Bonchev–Trinajstić information content (AvgIpc) is 2.85. The number of rotatable bonds is 5. The van der Waals surface area contributed by atoms with Crippen molar-refractivity contribution in [2.75, 3.05) is 11.8 Å². The summed E-state index contributed by atoms with van der Waals surface area (Å²) in [6.07, 6.45) is 1.86. The smallest absolute Gasteiger partial charge is 0.311 e. The van der Waals surface area contributed by atoms with Crippen molar-refractivity contribution >= 4 is 32.5 Å². The molecule has 0 saturated heterocycles. The molecule has 0 unspecified atom stereocenters. The number of aromatic nitrogens is 2. The fourth-order valence-corrected chi connectivity index (χ4v) is 3.30. The minimum atomic E-state index is -3.98. The number of sulfonamides is 1. The highest BCUT2D eigenvalue weighted by molar-refractivity contribution is 7.93. The van der Waals surface area contributed by atoms with Crippen LogP contribution in [-0.2, 0) is 26.0 Å². The molecule has 21 heavy (non-hydrogen) atoms. The van der Waals surface area contributed by atoms with E-state index in [-0.39, 0.29) is 16.4 Å². The summed E-state index contributed by atoms with van der Waals surface area (Å²) in [7, 11) is -2.73. The Hall–Kier alpha value is -2.07. The Morgan fingerprint density at radius 3 is 2.90 bits per heavy atom. The highest BCUT2D eigenvalue weighted by atomic mass is 32.2. The number of carbonyl (C=O) groups excluding carboxylic acids is 1. The van der Waals surface area contributed by atoms with Crippen molar-refractivity contribution in [1.82, 2.24) is 9.97 Å². The standard InChI is InChI=1S/C11H10FN3O4S2/c1-19-10(16)3-8-6-20-11(14-8)15-21(17,18)9-2-7(12)4-13-5-9/h2,4-6H,3H2,1H3,(H,14,15). The summed E-state index contributed by atoms with van der Waals surface area (Å²) >= 11 is 1.00. The third kappa shape index (κ3) is 3.95. The van der Waals surface area contributed by atoms with E-state index in [0.29, 0.717) is 5.69 Å². The molecule has 0 radical (unpaired) electrons. The fraction of sp³-hybridized carbons (Fsp3) is 0.182. The molecule has 0 fully saturated rings. The van der Waals surface area contributed by atoms with Crippen LogP contribution in [0.3, 0.4) is 0 Å². The summed E-state index contributed by atoms with van der Waals surface area (Å²) in [5.41, 5.74) is 0.377. The molecule has 0 aliphatic heterocycles. The number of nitrogens with one attached hydrogen (secondary N) is 1. The van der Waals surface area contributed by atoms with Crippen LogP contribution in [0.5, 0.6) is 0 Å². The van der Waals surface area contributed by atoms with Gasteiger partial charge in [-0.1, -0.05) is 0 Å². The third-order valence-corrected chi connectivity index (χ3v) is 4.56. The fourth-order valence-electron chi connectivity index (χ4n) is 1.37. The van der Waals surface area contributed by atoms with E-state index in [9.17, 15) is 17.6 Å². The van der Waals surface area contributed by atoms with Gasteiger partial charge in [-0.05, 0) is 6.07 Å². The maximum absolute atomic E-state index is 13.0. The first-order valence-electron chi connectivity index (χ1n) is 5.55. The van der Waals surface area contributed by atoms with E-state index in [1.54, 1.807) is 0 Å². The van der Waals surface area contributed by atoms with Crippen molar-refractivity contribution in [2.45, 2.75) is 11.3 Å². The van der Waals surface area contributed by atoms with Gasteiger partial charge in [0, 0.05) is 11.6 Å². The topological polar surface area (TPSA) is 98.2 Å². The summed E-state index contributed by atoms with van der Waals surface area (Å²) in [6.45, 7) is 0. The Morgan fingerprint density at radius 1 is 1.48 bits per heavy atom. The quantitative estimate of drug-likeness (QED) is 0.827. The molecule has 0 saturated carbocycles. The molecule has 0 bridgehead atoms. The van der Waals surface area contributed by atoms with Crippen molar-refractivity contribution < 1.29 is 22.3 Å². The van der Waals surface area contributed by atoms with Crippen molar-refractivity contribution in [2.24, 2.45) is 0 Å². The molecule has 0 amide bonds. The minimum Gasteiger partial charge on any atom is -0.469 e. The number of carbonyl (C=O) groups is 1. The second-order valence-corrected chi connectivity index (χ2v) is 6.38. The van der Waals surface area contributed by atoms with Crippen LogP contribution in [-0.4, -0.2) is 31.5 Å². The largest absolute Gasteiger partial charge is 0.469 e. The number of halogens is 1. The SMILES string of the molecule is COC(=O)Cc1csc(NS(=O)(=O)c2cncc(F)c2)n1.